The van der Waals surface area contributed by atoms with Crippen LogP contribution in [-0.2, 0) is 11.0 Å². The Morgan fingerprint density at radius 2 is 1.57 bits per heavy atom. The Morgan fingerprint density at radius 3 is 2.11 bits per heavy atom. The monoisotopic (exact) mass is 395 g/mol. The summed E-state index contributed by atoms with van der Waals surface area (Å²) < 4.78 is 42.8. The number of carbonyl (C=O) groups is 2. The normalized spacial score (nSPS) is 16.1. The molecular weight excluding hydrogens is 375 g/mol. The quantitative estimate of drug-likeness (QED) is 0.762. The van der Waals surface area contributed by atoms with Crippen molar-refractivity contribution in [3.8, 4) is 0 Å². The second kappa shape index (κ2) is 8.57. The van der Waals surface area contributed by atoms with Crippen molar-refractivity contribution in [1.82, 2.24) is 9.80 Å². The standard InChI is InChI=1S/C19H20F3N3O3/c20-19(21,22)14-3-5-15(6-4-14)23-18(27)13-25-9-7-24(8-10-25)12-16(26)17-2-1-11-28-17/h1-6,11H,7-10,12-13H2,(H,23,27). The van der Waals surface area contributed by atoms with Gasteiger partial charge in [-0.25, -0.2) is 0 Å². The fourth-order valence-electron chi connectivity index (χ4n) is 2.97. The van der Waals surface area contributed by atoms with Crippen molar-refractivity contribution in [3.63, 3.8) is 0 Å². The zero-order valence-electron chi connectivity index (χ0n) is 15.0. The van der Waals surface area contributed by atoms with E-state index in [9.17, 15) is 22.8 Å². The number of hydrogen-bond acceptors (Lipinski definition) is 5. The Hall–Kier alpha value is -2.65. The summed E-state index contributed by atoms with van der Waals surface area (Å²) in [7, 11) is 0. The highest BCUT2D eigenvalue weighted by Crippen LogP contribution is 2.29. The molecule has 2 aromatic rings. The van der Waals surface area contributed by atoms with Gasteiger partial charge in [-0.2, -0.15) is 13.2 Å². The fourth-order valence-corrected chi connectivity index (χ4v) is 2.97. The third kappa shape index (κ3) is 5.43. The van der Waals surface area contributed by atoms with E-state index in [1.165, 1.54) is 18.4 Å². The van der Waals surface area contributed by atoms with E-state index in [-0.39, 0.29) is 24.8 Å². The van der Waals surface area contributed by atoms with Gasteiger partial charge in [-0.1, -0.05) is 0 Å². The van der Waals surface area contributed by atoms with Crippen LogP contribution in [0.25, 0.3) is 0 Å². The van der Waals surface area contributed by atoms with Gasteiger partial charge in [0.25, 0.3) is 0 Å². The first-order chi connectivity index (χ1) is 13.3. The minimum atomic E-state index is -4.40. The van der Waals surface area contributed by atoms with Crippen LogP contribution in [0.2, 0.25) is 0 Å². The average Bonchev–Trinajstić information content (AvgIpc) is 3.18. The summed E-state index contributed by atoms with van der Waals surface area (Å²) in [5, 5.41) is 2.60. The van der Waals surface area contributed by atoms with E-state index in [4.69, 9.17) is 4.42 Å². The van der Waals surface area contributed by atoms with Crippen molar-refractivity contribution in [1.29, 1.82) is 0 Å². The van der Waals surface area contributed by atoms with Gasteiger partial charge in [-0.05, 0) is 36.4 Å². The molecule has 0 atom stereocenters. The van der Waals surface area contributed by atoms with E-state index in [1.807, 2.05) is 9.80 Å². The third-order valence-electron chi connectivity index (χ3n) is 4.49. The lowest BCUT2D eigenvalue weighted by Crippen LogP contribution is -2.49. The molecule has 0 saturated carbocycles. The van der Waals surface area contributed by atoms with E-state index >= 15 is 0 Å². The van der Waals surface area contributed by atoms with Crippen molar-refractivity contribution in [2.24, 2.45) is 0 Å². The number of piperazine rings is 1. The van der Waals surface area contributed by atoms with Crippen LogP contribution in [0.1, 0.15) is 16.1 Å². The zero-order chi connectivity index (χ0) is 20.1. The molecule has 0 spiro atoms. The molecule has 1 aliphatic rings. The lowest BCUT2D eigenvalue weighted by atomic mass is 10.2. The number of ketones is 1. The molecule has 0 aliphatic carbocycles. The van der Waals surface area contributed by atoms with Crippen LogP contribution in [0.5, 0.6) is 0 Å². The maximum atomic E-state index is 12.6. The molecule has 0 bridgehead atoms. The van der Waals surface area contributed by atoms with Gasteiger partial charge in [0.2, 0.25) is 11.7 Å². The number of halogens is 3. The molecule has 150 valence electrons. The summed E-state index contributed by atoms with van der Waals surface area (Å²) in [5.74, 6) is -0.0447. The molecule has 1 N–H and O–H groups in total. The molecule has 1 fully saturated rings. The van der Waals surface area contributed by atoms with E-state index in [0.717, 1.165) is 12.1 Å². The van der Waals surface area contributed by atoms with E-state index < -0.39 is 11.7 Å². The maximum Gasteiger partial charge on any atom is 0.416 e. The number of nitrogens with one attached hydrogen (secondary N) is 1. The molecule has 0 unspecified atom stereocenters. The van der Waals surface area contributed by atoms with E-state index in [2.05, 4.69) is 5.32 Å². The Morgan fingerprint density at radius 1 is 0.964 bits per heavy atom. The van der Waals surface area contributed by atoms with Gasteiger partial charge in [0.05, 0.1) is 24.9 Å². The van der Waals surface area contributed by atoms with Gasteiger partial charge in [-0.15, -0.1) is 0 Å². The SMILES string of the molecule is O=C(CN1CCN(CC(=O)c2ccco2)CC1)Nc1ccc(C(F)(F)F)cc1. The maximum absolute atomic E-state index is 12.6. The van der Waals surface area contributed by atoms with Crippen molar-refractivity contribution < 1.29 is 27.2 Å². The smallest absolute Gasteiger partial charge is 0.416 e. The predicted octanol–water partition coefficient (Wildman–Crippen LogP) is 2.74. The molecular formula is C19H20F3N3O3. The number of carbonyl (C=O) groups excluding carboxylic acids is 2. The van der Waals surface area contributed by atoms with Gasteiger partial charge in [0.1, 0.15) is 0 Å². The Kier molecular flexibility index (Phi) is 6.15. The molecule has 6 nitrogen and oxygen atoms in total. The summed E-state index contributed by atoms with van der Waals surface area (Å²) >= 11 is 0. The molecule has 28 heavy (non-hydrogen) atoms. The minimum Gasteiger partial charge on any atom is -0.461 e. The number of furan rings is 1. The van der Waals surface area contributed by atoms with Crippen molar-refractivity contribution >= 4 is 17.4 Å². The van der Waals surface area contributed by atoms with E-state index in [0.29, 0.717) is 37.6 Å². The van der Waals surface area contributed by atoms with Crippen LogP contribution < -0.4 is 5.32 Å². The number of hydrogen-bond donors (Lipinski definition) is 1. The first-order valence-corrected chi connectivity index (χ1v) is 8.80. The second-order valence-electron chi connectivity index (χ2n) is 6.58. The topological polar surface area (TPSA) is 65.8 Å². The average molecular weight is 395 g/mol. The highest BCUT2D eigenvalue weighted by Gasteiger charge is 2.30. The predicted molar refractivity (Wildman–Crippen MR) is 96.0 cm³/mol. The number of amides is 1. The van der Waals surface area contributed by atoms with Crippen LogP contribution in [0.3, 0.4) is 0 Å². The molecule has 1 saturated heterocycles. The van der Waals surface area contributed by atoms with Gasteiger partial charge in [-0.3, -0.25) is 19.4 Å². The van der Waals surface area contributed by atoms with Gasteiger partial charge in [0.15, 0.2) is 5.76 Å². The molecule has 3 rings (SSSR count). The summed E-state index contributed by atoms with van der Waals surface area (Å²) in [6, 6.07) is 7.64. The van der Waals surface area contributed by atoms with Crippen LogP contribution in [0.4, 0.5) is 18.9 Å². The van der Waals surface area contributed by atoms with Crippen LogP contribution in [-0.4, -0.2) is 60.8 Å². The van der Waals surface area contributed by atoms with Crippen molar-refractivity contribution in [2.45, 2.75) is 6.18 Å². The van der Waals surface area contributed by atoms with Gasteiger partial charge in [0, 0.05) is 31.9 Å². The molecule has 9 heteroatoms. The molecule has 0 radical (unpaired) electrons. The second-order valence-corrected chi connectivity index (χ2v) is 6.58. The Labute approximate surface area is 159 Å². The lowest BCUT2D eigenvalue weighted by molar-refractivity contribution is -0.137. The summed E-state index contributed by atoms with van der Waals surface area (Å²) in [6.45, 7) is 2.91. The number of rotatable bonds is 6. The largest absolute Gasteiger partial charge is 0.461 e. The molecule has 1 amide bonds. The fraction of sp³-hybridized carbons (Fsp3) is 0.368. The first-order valence-electron chi connectivity index (χ1n) is 8.80. The number of nitrogens with zero attached hydrogens (tertiary/aromatic N) is 2. The van der Waals surface area contributed by atoms with Crippen LogP contribution in [0.15, 0.2) is 47.1 Å². The van der Waals surface area contributed by atoms with Crippen molar-refractivity contribution in [2.75, 3.05) is 44.6 Å². The summed E-state index contributed by atoms with van der Waals surface area (Å²) in [5.41, 5.74) is -0.439. The van der Waals surface area contributed by atoms with Gasteiger partial charge < -0.3 is 9.73 Å². The zero-order valence-corrected chi connectivity index (χ0v) is 15.0. The van der Waals surface area contributed by atoms with Crippen LogP contribution >= 0.6 is 0 Å². The highest BCUT2D eigenvalue weighted by atomic mass is 19.4. The minimum absolute atomic E-state index is 0.0847. The number of anilines is 1. The highest BCUT2D eigenvalue weighted by molar-refractivity contribution is 5.95. The number of Topliss-reactive ketones (excluding diaryl/α,β-unsaturated/α-hetero) is 1. The van der Waals surface area contributed by atoms with Crippen molar-refractivity contribution in [3.05, 3.63) is 54.0 Å². The van der Waals surface area contributed by atoms with Crippen LogP contribution in [0, 0.1) is 0 Å². The Bertz CT molecular complexity index is 796. The molecule has 2 heterocycles. The van der Waals surface area contributed by atoms with E-state index in [1.54, 1.807) is 12.1 Å². The molecule has 1 aliphatic heterocycles. The number of benzene rings is 1. The summed E-state index contributed by atoms with van der Waals surface area (Å²) in [6.07, 6.45) is -2.94. The molecule has 1 aromatic carbocycles. The van der Waals surface area contributed by atoms with Gasteiger partial charge >= 0.3 is 6.18 Å². The number of alkyl halides is 3. The first kappa shape index (κ1) is 20.1. The lowest BCUT2D eigenvalue weighted by Gasteiger charge is -2.33. The Balaban J connectivity index is 1.42. The summed E-state index contributed by atoms with van der Waals surface area (Å²) in [4.78, 5) is 28.1. The third-order valence-corrected chi connectivity index (χ3v) is 4.49. The molecule has 1 aromatic heterocycles.